The average molecular weight is 264 g/mol. The summed E-state index contributed by atoms with van der Waals surface area (Å²) in [5.74, 6) is 1.32. The fourth-order valence-electron chi connectivity index (χ4n) is 2.75. The Labute approximate surface area is 115 Å². The van der Waals surface area contributed by atoms with Gasteiger partial charge in [0.15, 0.2) is 5.82 Å². The number of hydrogen-bond acceptors (Lipinski definition) is 5. The minimum atomic E-state index is 0.0584. The van der Waals surface area contributed by atoms with Crippen molar-refractivity contribution in [1.82, 2.24) is 9.97 Å². The molecule has 2 atom stereocenters. The predicted octanol–water partition coefficient (Wildman–Crippen LogP) is 2.61. The molecule has 1 fully saturated rings. The van der Waals surface area contributed by atoms with Crippen LogP contribution in [0.5, 0.6) is 5.88 Å². The molecule has 5 heteroatoms. The summed E-state index contributed by atoms with van der Waals surface area (Å²) < 4.78 is 5.65. The lowest BCUT2D eigenvalue weighted by Crippen LogP contribution is -2.35. The molecule has 0 aliphatic carbocycles. The number of nitrogen functional groups attached to an aromatic ring is 1. The Balaban J connectivity index is 2.33. The van der Waals surface area contributed by atoms with E-state index in [1.807, 2.05) is 13.8 Å². The second kappa shape index (κ2) is 5.63. The van der Waals surface area contributed by atoms with Gasteiger partial charge in [-0.25, -0.2) is 4.98 Å². The van der Waals surface area contributed by atoms with Crippen molar-refractivity contribution in [3.8, 4) is 5.88 Å². The van der Waals surface area contributed by atoms with Crippen LogP contribution in [0.3, 0.4) is 0 Å². The molecule has 2 N–H and O–H groups in total. The monoisotopic (exact) mass is 264 g/mol. The third-order valence-electron chi connectivity index (χ3n) is 3.68. The number of nitrogens with two attached hydrogens (primary N) is 1. The van der Waals surface area contributed by atoms with E-state index in [4.69, 9.17) is 10.5 Å². The number of rotatable bonds is 4. The molecule has 5 nitrogen and oxygen atoms in total. The molecule has 0 spiro atoms. The summed E-state index contributed by atoms with van der Waals surface area (Å²) in [6.07, 6.45) is 5.09. The van der Waals surface area contributed by atoms with Crippen molar-refractivity contribution >= 4 is 11.5 Å². The molecule has 2 rings (SSSR count). The van der Waals surface area contributed by atoms with Crippen molar-refractivity contribution in [2.24, 2.45) is 0 Å². The molecular weight excluding hydrogens is 240 g/mol. The predicted molar refractivity (Wildman–Crippen MR) is 77.5 cm³/mol. The number of aromatic nitrogens is 2. The van der Waals surface area contributed by atoms with E-state index in [0.717, 1.165) is 12.2 Å². The minimum Gasteiger partial charge on any atom is -0.473 e. The first-order valence-corrected chi connectivity index (χ1v) is 7.10. The van der Waals surface area contributed by atoms with Crippen LogP contribution in [0.25, 0.3) is 0 Å². The van der Waals surface area contributed by atoms with Gasteiger partial charge in [-0.05, 0) is 40.0 Å². The summed E-state index contributed by atoms with van der Waals surface area (Å²) in [5, 5.41) is 0. The first-order chi connectivity index (χ1) is 9.04. The normalized spacial score (nSPS) is 23.1. The van der Waals surface area contributed by atoms with Crippen LogP contribution >= 0.6 is 0 Å². The van der Waals surface area contributed by atoms with Gasteiger partial charge in [0.25, 0.3) is 0 Å². The van der Waals surface area contributed by atoms with E-state index in [1.54, 1.807) is 6.33 Å². The van der Waals surface area contributed by atoms with Crippen LogP contribution in [-0.4, -0.2) is 28.2 Å². The van der Waals surface area contributed by atoms with Crippen LogP contribution in [0, 0.1) is 0 Å². The zero-order chi connectivity index (χ0) is 14.0. The maximum absolute atomic E-state index is 6.20. The Morgan fingerprint density at radius 1 is 1.42 bits per heavy atom. The van der Waals surface area contributed by atoms with E-state index in [9.17, 15) is 0 Å². The molecule has 0 bridgehead atoms. The maximum Gasteiger partial charge on any atom is 0.242 e. The van der Waals surface area contributed by atoms with Crippen molar-refractivity contribution in [2.45, 2.75) is 65.1 Å². The highest BCUT2D eigenvalue weighted by molar-refractivity contribution is 5.69. The molecule has 106 valence electrons. The Hall–Kier alpha value is -1.52. The molecule has 2 heterocycles. The van der Waals surface area contributed by atoms with Crippen LogP contribution in [0.1, 0.15) is 47.0 Å². The highest BCUT2D eigenvalue weighted by Crippen LogP contribution is 2.36. The van der Waals surface area contributed by atoms with Gasteiger partial charge in [0.1, 0.15) is 12.0 Å². The van der Waals surface area contributed by atoms with Gasteiger partial charge >= 0.3 is 0 Å². The molecule has 0 radical (unpaired) electrons. The molecule has 1 aromatic heterocycles. The van der Waals surface area contributed by atoms with Crippen LogP contribution in [0.15, 0.2) is 6.33 Å². The van der Waals surface area contributed by atoms with E-state index in [2.05, 4.69) is 28.7 Å². The molecule has 1 aliphatic heterocycles. The molecule has 1 aliphatic rings. The van der Waals surface area contributed by atoms with E-state index < -0.39 is 0 Å². The van der Waals surface area contributed by atoms with Crippen LogP contribution in [0.2, 0.25) is 0 Å². The fraction of sp³-hybridized carbons (Fsp3) is 0.714. The highest BCUT2D eigenvalue weighted by atomic mass is 16.5. The van der Waals surface area contributed by atoms with Gasteiger partial charge in [-0.15, -0.1) is 0 Å². The lowest BCUT2D eigenvalue weighted by Gasteiger charge is -2.30. The van der Waals surface area contributed by atoms with Gasteiger partial charge < -0.3 is 15.4 Å². The van der Waals surface area contributed by atoms with Crippen molar-refractivity contribution < 1.29 is 4.74 Å². The smallest absolute Gasteiger partial charge is 0.242 e. The fourth-order valence-corrected chi connectivity index (χ4v) is 2.75. The highest BCUT2D eigenvalue weighted by Gasteiger charge is 2.32. The molecule has 1 aromatic rings. The summed E-state index contributed by atoms with van der Waals surface area (Å²) in [5.41, 5.74) is 6.76. The van der Waals surface area contributed by atoms with E-state index >= 15 is 0 Å². The summed E-state index contributed by atoms with van der Waals surface area (Å²) in [7, 11) is 0. The quantitative estimate of drug-likeness (QED) is 0.905. The molecule has 19 heavy (non-hydrogen) atoms. The van der Waals surface area contributed by atoms with Gasteiger partial charge in [-0.2, -0.15) is 4.98 Å². The third-order valence-corrected chi connectivity index (χ3v) is 3.68. The first kappa shape index (κ1) is 13.9. The lowest BCUT2D eigenvalue weighted by atomic mass is 10.1. The SMILES string of the molecule is CCC1CCC(C)N1c1ncnc(OC(C)C)c1N. The van der Waals surface area contributed by atoms with Crippen LogP contribution in [0.4, 0.5) is 11.5 Å². The number of hydrogen-bond donors (Lipinski definition) is 1. The molecule has 0 amide bonds. The van der Waals surface area contributed by atoms with Crippen molar-refractivity contribution in [3.63, 3.8) is 0 Å². The molecule has 0 aromatic carbocycles. The molecule has 1 saturated heterocycles. The number of ether oxygens (including phenoxy) is 1. The second-order valence-corrected chi connectivity index (χ2v) is 5.48. The standard InChI is InChI=1S/C14H24N4O/c1-5-11-7-6-10(4)18(11)13-12(15)14(17-8-16-13)19-9(2)3/h8-11H,5-7,15H2,1-4H3. The van der Waals surface area contributed by atoms with E-state index in [1.165, 1.54) is 12.8 Å². The Bertz CT molecular complexity index is 435. The summed E-state index contributed by atoms with van der Waals surface area (Å²) in [4.78, 5) is 10.9. The zero-order valence-corrected chi connectivity index (χ0v) is 12.3. The molecule has 2 unspecified atom stereocenters. The summed E-state index contributed by atoms with van der Waals surface area (Å²) in [6, 6.07) is 0.980. The average Bonchev–Trinajstić information content (AvgIpc) is 2.73. The van der Waals surface area contributed by atoms with Crippen molar-refractivity contribution in [2.75, 3.05) is 10.6 Å². The Morgan fingerprint density at radius 3 is 2.79 bits per heavy atom. The van der Waals surface area contributed by atoms with Gasteiger partial charge in [0.05, 0.1) is 6.10 Å². The second-order valence-electron chi connectivity index (χ2n) is 5.48. The van der Waals surface area contributed by atoms with Gasteiger partial charge in [-0.1, -0.05) is 6.92 Å². The summed E-state index contributed by atoms with van der Waals surface area (Å²) >= 11 is 0. The largest absolute Gasteiger partial charge is 0.473 e. The number of anilines is 2. The van der Waals surface area contributed by atoms with Crippen molar-refractivity contribution in [3.05, 3.63) is 6.33 Å². The third kappa shape index (κ3) is 2.74. The lowest BCUT2D eigenvalue weighted by molar-refractivity contribution is 0.234. The van der Waals surface area contributed by atoms with E-state index in [0.29, 0.717) is 23.7 Å². The van der Waals surface area contributed by atoms with Crippen molar-refractivity contribution in [1.29, 1.82) is 0 Å². The maximum atomic E-state index is 6.20. The van der Waals surface area contributed by atoms with E-state index in [-0.39, 0.29) is 6.10 Å². The topological polar surface area (TPSA) is 64.3 Å². The zero-order valence-electron chi connectivity index (χ0n) is 12.3. The van der Waals surface area contributed by atoms with Gasteiger partial charge in [-0.3, -0.25) is 0 Å². The molecular formula is C14H24N4O. The number of nitrogens with zero attached hydrogens (tertiary/aromatic N) is 3. The summed E-state index contributed by atoms with van der Waals surface area (Å²) in [6.45, 7) is 8.36. The van der Waals surface area contributed by atoms with Crippen LogP contribution < -0.4 is 15.4 Å². The Kier molecular flexibility index (Phi) is 4.12. The van der Waals surface area contributed by atoms with Gasteiger partial charge in [0, 0.05) is 12.1 Å². The van der Waals surface area contributed by atoms with Crippen LogP contribution in [-0.2, 0) is 0 Å². The minimum absolute atomic E-state index is 0.0584. The first-order valence-electron chi connectivity index (χ1n) is 7.10. The molecule has 0 saturated carbocycles. The Morgan fingerprint density at radius 2 is 2.16 bits per heavy atom. The van der Waals surface area contributed by atoms with Gasteiger partial charge in [0.2, 0.25) is 5.88 Å².